The van der Waals surface area contributed by atoms with Gasteiger partial charge in [-0.15, -0.1) is 10.2 Å². The first-order valence-electron chi connectivity index (χ1n) is 11.5. The predicted octanol–water partition coefficient (Wildman–Crippen LogP) is 5.34. The van der Waals surface area contributed by atoms with Gasteiger partial charge in [0.1, 0.15) is 5.82 Å². The first kappa shape index (κ1) is 25.2. The normalized spacial score (nSPS) is 17.5. The molecule has 8 nitrogen and oxygen atoms in total. The fraction of sp³-hybridized carbons (Fsp3) is 0.192. The summed E-state index contributed by atoms with van der Waals surface area (Å²) < 4.78 is 1.46. The lowest BCUT2D eigenvalue weighted by atomic mass is 9.76. The number of aromatic nitrogens is 2. The zero-order valence-electron chi connectivity index (χ0n) is 19.5. The second-order valence-electron chi connectivity index (χ2n) is 8.42. The maximum atomic E-state index is 13.2. The lowest BCUT2D eigenvalue weighted by Gasteiger charge is -2.38. The van der Waals surface area contributed by atoms with Crippen molar-refractivity contribution in [2.45, 2.75) is 29.5 Å². The van der Waals surface area contributed by atoms with Crippen molar-refractivity contribution in [1.29, 1.82) is 5.26 Å². The minimum Gasteiger partial charge on any atom is -0.384 e. The van der Waals surface area contributed by atoms with Gasteiger partial charge in [0.25, 0.3) is 0 Å². The molecule has 0 radical (unpaired) electrons. The number of halogens is 1. The number of hydrogen-bond donors (Lipinski definition) is 2. The lowest BCUT2D eigenvalue weighted by molar-refractivity contribution is -0.116. The quantitative estimate of drug-likeness (QED) is 0.367. The van der Waals surface area contributed by atoms with E-state index in [1.165, 1.54) is 23.1 Å². The summed E-state index contributed by atoms with van der Waals surface area (Å²) in [4.78, 5) is 27.3. The zero-order valence-corrected chi connectivity index (χ0v) is 22.7. The third-order valence-electron chi connectivity index (χ3n) is 6.07. The Morgan fingerprint density at radius 2 is 2.03 bits per heavy atom. The number of rotatable bonds is 6. The third-order valence-corrected chi connectivity index (χ3v) is 8.60. The van der Waals surface area contributed by atoms with Gasteiger partial charge in [-0.25, -0.2) is 0 Å². The number of nitrogens with two attached hydrogens (primary N) is 1. The van der Waals surface area contributed by atoms with E-state index in [2.05, 4.69) is 37.5 Å². The predicted molar refractivity (Wildman–Crippen MR) is 148 cm³/mol. The average molecular weight is 594 g/mol. The van der Waals surface area contributed by atoms with Gasteiger partial charge in [-0.1, -0.05) is 75.4 Å². The molecule has 186 valence electrons. The zero-order chi connectivity index (χ0) is 25.9. The molecule has 2 aromatic carbocycles. The highest BCUT2D eigenvalue weighted by Crippen LogP contribution is 2.47. The maximum absolute atomic E-state index is 13.2. The van der Waals surface area contributed by atoms with Crippen LogP contribution in [0.2, 0.25) is 0 Å². The number of nitrogens with one attached hydrogen (secondary N) is 1. The molecule has 0 saturated carbocycles. The summed E-state index contributed by atoms with van der Waals surface area (Å²) in [5, 5.41) is 22.0. The van der Waals surface area contributed by atoms with Crippen LogP contribution in [0.3, 0.4) is 0 Å². The number of carbonyl (C=O) groups excluding carboxylic acids is 2. The van der Waals surface area contributed by atoms with Crippen molar-refractivity contribution in [3.63, 3.8) is 0 Å². The molecule has 0 spiro atoms. The van der Waals surface area contributed by atoms with Gasteiger partial charge < -0.3 is 11.1 Å². The molecule has 11 heteroatoms. The highest BCUT2D eigenvalue weighted by molar-refractivity contribution is 9.10. The number of carbonyl (C=O) groups is 2. The van der Waals surface area contributed by atoms with Crippen LogP contribution in [-0.2, 0) is 9.59 Å². The van der Waals surface area contributed by atoms with Crippen molar-refractivity contribution in [3.05, 3.63) is 87.3 Å². The van der Waals surface area contributed by atoms with E-state index in [9.17, 15) is 14.9 Å². The average Bonchev–Trinajstić information content (AvgIpc) is 3.36. The van der Waals surface area contributed by atoms with E-state index in [1.807, 2.05) is 54.6 Å². The number of hydrogen-bond acceptors (Lipinski definition) is 9. The molecule has 1 aliphatic carbocycles. The van der Waals surface area contributed by atoms with Crippen LogP contribution in [0, 0.1) is 11.3 Å². The van der Waals surface area contributed by atoms with Gasteiger partial charge in [0.15, 0.2) is 10.1 Å². The summed E-state index contributed by atoms with van der Waals surface area (Å²) in [7, 11) is 0. The Kier molecular flexibility index (Phi) is 7.41. The summed E-state index contributed by atoms with van der Waals surface area (Å²) in [6.07, 6.45) is 1.76. The molecule has 0 saturated heterocycles. The van der Waals surface area contributed by atoms with Crippen LogP contribution in [-0.4, -0.2) is 27.6 Å². The number of anilines is 2. The Bertz CT molecular complexity index is 1480. The van der Waals surface area contributed by atoms with Gasteiger partial charge >= 0.3 is 0 Å². The van der Waals surface area contributed by atoms with Crippen molar-refractivity contribution in [2.24, 2.45) is 5.73 Å². The molecular weight excluding hydrogens is 572 g/mol. The van der Waals surface area contributed by atoms with Gasteiger partial charge in [0, 0.05) is 27.9 Å². The van der Waals surface area contributed by atoms with Crippen molar-refractivity contribution >= 4 is 61.5 Å². The van der Waals surface area contributed by atoms with E-state index in [0.717, 1.165) is 15.7 Å². The molecule has 1 unspecified atom stereocenters. The van der Waals surface area contributed by atoms with Gasteiger partial charge in [-0.3, -0.25) is 14.5 Å². The highest BCUT2D eigenvalue weighted by Gasteiger charge is 2.41. The minimum absolute atomic E-state index is 0.0173. The van der Waals surface area contributed by atoms with E-state index >= 15 is 0 Å². The Labute approximate surface area is 230 Å². The number of nitriles is 1. The molecule has 1 aromatic heterocycles. The highest BCUT2D eigenvalue weighted by atomic mass is 79.9. The molecule has 5 rings (SSSR count). The lowest BCUT2D eigenvalue weighted by Crippen LogP contribution is -2.38. The number of thioether (sulfide) groups is 1. The molecule has 2 aliphatic rings. The van der Waals surface area contributed by atoms with E-state index in [1.54, 1.807) is 4.90 Å². The maximum Gasteiger partial charge on any atom is 0.234 e. The van der Waals surface area contributed by atoms with Crippen LogP contribution < -0.4 is 16.0 Å². The van der Waals surface area contributed by atoms with Crippen molar-refractivity contribution in [2.75, 3.05) is 16.0 Å². The van der Waals surface area contributed by atoms with Crippen LogP contribution in [0.25, 0.3) is 0 Å². The standard InChI is InChI=1S/C26H21BrN6O2S2/c27-16-8-4-9-17(12-16)30-21(35)14-36-26-32-31-25(37-26)33-19-10-5-11-20(34)23(19)22(18(13-28)24(33)29)15-6-2-1-3-7-15/h1-4,6-9,12,22H,5,10-11,14,29H2,(H,30,35). The molecule has 1 atom stereocenters. The van der Waals surface area contributed by atoms with Gasteiger partial charge in [0.05, 0.1) is 23.3 Å². The van der Waals surface area contributed by atoms with E-state index < -0.39 is 5.92 Å². The van der Waals surface area contributed by atoms with Crippen LogP contribution >= 0.6 is 39.0 Å². The fourth-order valence-electron chi connectivity index (χ4n) is 4.53. The van der Waals surface area contributed by atoms with Crippen molar-refractivity contribution < 1.29 is 9.59 Å². The van der Waals surface area contributed by atoms with E-state index in [0.29, 0.717) is 45.6 Å². The molecule has 37 heavy (non-hydrogen) atoms. The summed E-state index contributed by atoms with van der Waals surface area (Å²) in [5.74, 6) is -0.252. The third kappa shape index (κ3) is 5.18. The number of Topliss-reactive ketones (excluding diaryl/α,β-unsaturated/α-hetero) is 1. The van der Waals surface area contributed by atoms with Crippen molar-refractivity contribution in [3.8, 4) is 6.07 Å². The molecule has 3 aromatic rings. The number of amides is 1. The fourth-order valence-corrected chi connectivity index (χ4v) is 6.61. The summed E-state index contributed by atoms with van der Waals surface area (Å²) in [6.45, 7) is 0. The molecule has 0 fully saturated rings. The Hall–Kier alpha value is -3.46. The number of benzene rings is 2. The first-order valence-corrected chi connectivity index (χ1v) is 14.1. The molecule has 0 bridgehead atoms. The number of ketones is 1. The van der Waals surface area contributed by atoms with Crippen LogP contribution in [0.5, 0.6) is 0 Å². The molecule has 1 aliphatic heterocycles. The van der Waals surface area contributed by atoms with Crippen LogP contribution in [0.1, 0.15) is 30.7 Å². The topological polar surface area (TPSA) is 125 Å². The second-order valence-corrected chi connectivity index (χ2v) is 11.5. The Balaban J connectivity index is 1.41. The molecule has 2 heterocycles. The Morgan fingerprint density at radius 1 is 1.22 bits per heavy atom. The second kappa shape index (κ2) is 10.9. The summed E-state index contributed by atoms with van der Waals surface area (Å²) >= 11 is 5.92. The smallest absolute Gasteiger partial charge is 0.234 e. The SMILES string of the molecule is N#CC1=C(N)N(c2nnc(SCC(=O)Nc3cccc(Br)c3)s2)C2=C(C(=O)CCC2)C1c1ccccc1. The monoisotopic (exact) mass is 592 g/mol. The Morgan fingerprint density at radius 3 is 2.78 bits per heavy atom. The van der Waals surface area contributed by atoms with Gasteiger partial charge in [-0.05, 0) is 36.6 Å². The first-order chi connectivity index (χ1) is 18.0. The van der Waals surface area contributed by atoms with Crippen LogP contribution in [0.4, 0.5) is 10.8 Å². The largest absolute Gasteiger partial charge is 0.384 e. The molecular formula is C26H21BrN6O2S2. The number of nitrogens with zero attached hydrogens (tertiary/aromatic N) is 4. The molecule has 1 amide bonds. The van der Waals surface area contributed by atoms with E-state index in [4.69, 9.17) is 5.73 Å². The van der Waals surface area contributed by atoms with Crippen LogP contribution in [0.15, 0.2) is 86.1 Å². The minimum atomic E-state index is -0.506. The molecule has 3 N–H and O–H groups in total. The summed E-state index contributed by atoms with van der Waals surface area (Å²) in [6, 6.07) is 19.1. The van der Waals surface area contributed by atoms with Crippen molar-refractivity contribution in [1.82, 2.24) is 10.2 Å². The van der Waals surface area contributed by atoms with Gasteiger partial charge in [-0.2, -0.15) is 5.26 Å². The summed E-state index contributed by atoms with van der Waals surface area (Å²) in [5.41, 5.74) is 9.81. The number of allylic oxidation sites excluding steroid dienone is 3. The van der Waals surface area contributed by atoms with Gasteiger partial charge in [0.2, 0.25) is 11.0 Å². The van der Waals surface area contributed by atoms with E-state index in [-0.39, 0.29) is 23.3 Å².